The SMILES string of the molecule is Cc1cc(N2CCCN(C(=O)c3nsnc3C)CC2)ccn1. The van der Waals surface area contributed by atoms with Crippen LogP contribution in [0.4, 0.5) is 5.69 Å². The van der Waals surface area contributed by atoms with Gasteiger partial charge in [0.15, 0.2) is 5.69 Å². The molecule has 0 aromatic carbocycles. The largest absolute Gasteiger partial charge is 0.370 e. The third-order valence-electron chi connectivity index (χ3n) is 3.88. The van der Waals surface area contributed by atoms with Crippen LogP contribution in [0.3, 0.4) is 0 Å². The van der Waals surface area contributed by atoms with E-state index in [2.05, 4.69) is 24.7 Å². The van der Waals surface area contributed by atoms with Gasteiger partial charge in [0.2, 0.25) is 0 Å². The Morgan fingerprint density at radius 2 is 2.05 bits per heavy atom. The maximum atomic E-state index is 12.5. The molecule has 7 heteroatoms. The molecule has 2 aromatic rings. The number of nitrogens with zero attached hydrogens (tertiary/aromatic N) is 5. The third-order valence-corrected chi connectivity index (χ3v) is 4.50. The van der Waals surface area contributed by atoms with Crippen molar-refractivity contribution in [3.05, 3.63) is 35.4 Å². The Hall–Kier alpha value is -2.02. The van der Waals surface area contributed by atoms with Crippen molar-refractivity contribution in [2.75, 3.05) is 31.1 Å². The molecule has 3 heterocycles. The van der Waals surface area contributed by atoms with E-state index in [1.165, 1.54) is 5.69 Å². The fraction of sp³-hybridized carbons (Fsp3) is 0.467. The first-order valence-electron chi connectivity index (χ1n) is 7.41. The molecule has 0 atom stereocenters. The summed E-state index contributed by atoms with van der Waals surface area (Å²) >= 11 is 1.10. The van der Waals surface area contributed by atoms with Crippen LogP contribution >= 0.6 is 11.7 Å². The van der Waals surface area contributed by atoms with E-state index in [4.69, 9.17) is 0 Å². The Bertz CT molecular complexity index is 671. The Labute approximate surface area is 134 Å². The van der Waals surface area contributed by atoms with Crippen molar-refractivity contribution in [2.24, 2.45) is 0 Å². The zero-order valence-corrected chi connectivity index (χ0v) is 13.6. The van der Waals surface area contributed by atoms with E-state index in [1.54, 1.807) is 0 Å². The van der Waals surface area contributed by atoms with Crippen LogP contribution in [-0.2, 0) is 0 Å². The smallest absolute Gasteiger partial charge is 0.275 e. The molecule has 1 amide bonds. The summed E-state index contributed by atoms with van der Waals surface area (Å²) in [6.45, 7) is 7.07. The zero-order chi connectivity index (χ0) is 15.5. The van der Waals surface area contributed by atoms with Gasteiger partial charge in [-0.15, -0.1) is 0 Å². The predicted molar refractivity (Wildman–Crippen MR) is 86.4 cm³/mol. The van der Waals surface area contributed by atoms with E-state index in [0.29, 0.717) is 12.2 Å². The van der Waals surface area contributed by atoms with Gasteiger partial charge >= 0.3 is 0 Å². The second kappa shape index (κ2) is 6.39. The van der Waals surface area contributed by atoms with Gasteiger partial charge < -0.3 is 9.80 Å². The number of carbonyl (C=O) groups excluding carboxylic acids is 1. The highest BCUT2D eigenvalue weighted by molar-refractivity contribution is 6.99. The molecule has 0 aliphatic carbocycles. The number of aryl methyl sites for hydroxylation is 2. The number of anilines is 1. The van der Waals surface area contributed by atoms with Crippen LogP contribution in [0.5, 0.6) is 0 Å². The lowest BCUT2D eigenvalue weighted by molar-refractivity contribution is 0.0761. The minimum Gasteiger partial charge on any atom is -0.370 e. The molecular weight excluding hydrogens is 298 g/mol. The fourth-order valence-corrected chi connectivity index (χ4v) is 3.22. The quantitative estimate of drug-likeness (QED) is 0.846. The summed E-state index contributed by atoms with van der Waals surface area (Å²) in [4.78, 5) is 21.0. The second-order valence-corrected chi connectivity index (χ2v) is 6.01. The van der Waals surface area contributed by atoms with Crippen molar-refractivity contribution >= 4 is 23.3 Å². The van der Waals surface area contributed by atoms with Crippen LogP contribution in [0.25, 0.3) is 0 Å². The molecule has 0 N–H and O–H groups in total. The van der Waals surface area contributed by atoms with Crippen molar-refractivity contribution in [3.8, 4) is 0 Å². The topological polar surface area (TPSA) is 62.2 Å². The molecule has 2 aromatic heterocycles. The maximum absolute atomic E-state index is 12.5. The van der Waals surface area contributed by atoms with Gasteiger partial charge in [0.25, 0.3) is 5.91 Å². The van der Waals surface area contributed by atoms with Crippen molar-refractivity contribution in [1.29, 1.82) is 0 Å². The molecule has 3 rings (SSSR count). The molecule has 1 aliphatic rings. The van der Waals surface area contributed by atoms with E-state index in [0.717, 1.165) is 49.2 Å². The first-order valence-corrected chi connectivity index (χ1v) is 8.14. The highest BCUT2D eigenvalue weighted by Gasteiger charge is 2.23. The van der Waals surface area contributed by atoms with Gasteiger partial charge in [-0.2, -0.15) is 8.75 Å². The summed E-state index contributed by atoms with van der Waals surface area (Å²) in [5.74, 6) is -0.000918. The van der Waals surface area contributed by atoms with Crippen LogP contribution in [0.15, 0.2) is 18.3 Å². The zero-order valence-electron chi connectivity index (χ0n) is 12.8. The van der Waals surface area contributed by atoms with Crippen LogP contribution in [0, 0.1) is 13.8 Å². The molecule has 1 aliphatic heterocycles. The number of aromatic nitrogens is 3. The molecule has 0 radical (unpaired) electrons. The molecule has 0 spiro atoms. The number of pyridine rings is 1. The summed E-state index contributed by atoms with van der Waals surface area (Å²) < 4.78 is 8.22. The molecule has 6 nitrogen and oxygen atoms in total. The van der Waals surface area contributed by atoms with Crippen LogP contribution in [0.1, 0.15) is 28.3 Å². The number of carbonyl (C=O) groups is 1. The lowest BCUT2D eigenvalue weighted by Crippen LogP contribution is -2.35. The minimum absolute atomic E-state index is 0.000918. The lowest BCUT2D eigenvalue weighted by Gasteiger charge is -2.23. The summed E-state index contributed by atoms with van der Waals surface area (Å²) in [5.41, 5.74) is 3.41. The van der Waals surface area contributed by atoms with Gasteiger partial charge in [0, 0.05) is 43.8 Å². The molecular formula is C15H19N5OS. The van der Waals surface area contributed by atoms with Crippen LogP contribution < -0.4 is 4.90 Å². The van der Waals surface area contributed by atoms with Crippen LogP contribution in [0.2, 0.25) is 0 Å². The summed E-state index contributed by atoms with van der Waals surface area (Å²) in [5, 5.41) is 0. The first kappa shape index (κ1) is 14.9. The number of rotatable bonds is 2. The van der Waals surface area contributed by atoms with Crippen molar-refractivity contribution in [1.82, 2.24) is 18.6 Å². The fourth-order valence-electron chi connectivity index (χ4n) is 2.68. The monoisotopic (exact) mass is 317 g/mol. The molecule has 0 unspecified atom stereocenters. The van der Waals surface area contributed by atoms with Crippen molar-refractivity contribution in [3.63, 3.8) is 0 Å². The summed E-state index contributed by atoms with van der Waals surface area (Å²) in [7, 11) is 0. The highest BCUT2D eigenvalue weighted by atomic mass is 32.1. The standard InChI is InChI=1S/C15H19N5OS/c1-11-10-13(4-5-16-11)19-6-3-7-20(9-8-19)15(21)14-12(2)17-22-18-14/h4-5,10H,3,6-9H2,1-2H3. The Kier molecular flexibility index (Phi) is 4.33. The van der Waals surface area contributed by atoms with E-state index in [-0.39, 0.29) is 5.91 Å². The van der Waals surface area contributed by atoms with E-state index in [9.17, 15) is 4.79 Å². The van der Waals surface area contributed by atoms with Crippen molar-refractivity contribution < 1.29 is 4.79 Å². The normalized spacial score (nSPS) is 15.7. The summed E-state index contributed by atoms with van der Waals surface area (Å²) in [6, 6.07) is 4.12. The summed E-state index contributed by atoms with van der Waals surface area (Å²) in [6.07, 6.45) is 2.78. The lowest BCUT2D eigenvalue weighted by atomic mass is 10.3. The molecule has 0 bridgehead atoms. The molecule has 1 fully saturated rings. The third kappa shape index (κ3) is 3.09. The maximum Gasteiger partial charge on any atom is 0.275 e. The van der Waals surface area contributed by atoms with Gasteiger partial charge in [-0.05, 0) is 32.4 Å². The number of hydrogen-bond donors (Lipinski definition) is 0. The van der Waals surface area contributed by atoms with Gasteiger partial charge in [0.05, 0.1) is 17.4 Å². The van der Waals surface area contributed by atoms with E-state index in [1.807, 2.05) is 31.0 Å². The second-order valence-electron chi connectivity index (χ2n) is 5.49. The van der Waals surface area contributed by atoms with Gasteiger partial charge in [-0.1, -0.05) is 0 Å². The Morgan fingerprint density at radius 3 is 2.77 bits per heavy atom. The average molecular weight is 317 g/mol. The molecule has 1 saturated heterocycles. The minimum atomic E-state index is -0.000918. The average Bonchev–Trinajstić information content (AvgIpc) is 2.79. The Balaban J connectivity index is 1.70. The number of amides is 1. The van der Waals surface area contributed by atoms with Gasteiger partial charge in [0.1, 0.15) is 0 Å². The van der Waals surface area contributed by atoms with Crippen molar-refractivity contribution in [2.45, 2.75) is 20.3 Å². The van der Waals surface area contributed by atoms with Gasteiger partial charge in [-0.3, -0.25) is 9.78 Å². The predicted octanol–water partition coefficient (Wildman–Crippen LogP) is 1.90. The highest BCUT2D eigenvalue weighted by Crippen LogP contribution is 2.18. The number of hydrogen-bond acceptors (Lipinski definition) is 6. The first-order chi connectivity index (χ1) is 10.6. The molecule has 0 saturated carbocycles. The van der Waals surface area contributed by atoms with Crippen LogP contribution in [-0.4, -0.2) is 50.7 Å². The molecule has 116 valence electrons. The van der Waals surface area contributed by atoms with Gasteiger partial charge in [-0.25, -0.2) is 0 Å². The van der Waals surface area contributed by atoms with E-state index >= 15 is 0 Å². The Morgan fingerprint density at radius 1 is 1.18 bits per heavy atom. The molecule has 22 heavy (non-hydrogen) atoms. The van der Waals surface area contributed by atoms with E-state index < -0.39 is 0 Å².